The molecule has 0 atom stereocenters. The van der Waals surface area contributed by atoms with Crippen molar-refractivity contribution in [1.29, 1.82) is 0 Å². The van der Waals surface area contributed by atoms with Crippen LogP contribution >= 0.6 is 15.9 Å². The van der Waals surface area contributed by atoms with E-state index in [1.165, 1.54) is 12.1 Å². The van der Waals surface area contributed by atoms with E-state index in [0.29, 0.717) is 16.2 Å². The molecule has 1 aliphatic carbocycles. The summed E-state index contributed by atoms with van der Waals surface area (Å²) >= 11 is 3.34. The van der Waals surface area contributed by atoms with Gasteiger partial charge >= 0.3 is 0 Å². The van der Waals surface area contributed by atoms with Crippen LogP contribution in [0, 0.1) is 5.82 Å². The second-order valence-corrected chi connectivity index (χ2v) is 5.62. The van der Waals surface area contributed by atoms with Crippen molar-refractivity contribution in [3.8, 4) is 0 Å². The maximum atomic E-state index is 13.1. The first-order valence-electron chi connectivity index (χ1n) is 6.44. The Morgan fingerprint density at radius 3 is 2.60 bits per heavy atom. The molecule has 0 bridgehead atoms. The first-order chi connectivity index (χ1) is 9.65. The van der Waals surface area contributed by atoms with Gasteiger partial charge in [-0.1, -0.05) is 0 Å². The van der Waals surface area contributed by atoms with Crippen molar-refractivity contribution in [3.63, 3.8) is 0 Å². The molecule has 1 fully saturated rings. The van der Waals surface area contributed by atoms with Crippen LogP contribution in [0.5, 0.6) is 0 Å². The average molecular weight is 337 g/mol. The third-order valence-corrected chi connectivity index (χ3v) is 3.79. The van der Waals surface area contributed by atoms with Crippen molar-refractivity contribution in [2.75, 3.05) is 17.7 Å². The summed E-state index contributed by atoms with van der Waals surface area (Å²) in [6, 6.07) is 6.35. The smallest absolute Gasteiger partial charge is 0.136 e. The fraction of sp³-hybridized carbons (Fsp3) is 0.286. The minimum absolute atomic E-state index is 0.278. The predicted molar refractivity (Wildman–Crippen MR) is 80.9 cm³/mol. The molecule has 6 heteroatoms. The Morgan fingerprint density at radius 2 is 1.95 bits per heavy atom. The van der Waals surface area contributed by atoms with Gasteiger partial charge in [-0.25, -0.2) is 14.4 Å². The van der Waals surface area contributed by atoms with Gasteiger partial charge in [-0.15, -0.1) is 0 Å². The van der Waals surface area contributed by atoms with Crippen molar-refractivity contribution >= 4 is 33.3 Å². The molecule has 1 aromatic heterocycles. The summed E-state index contributed by atoms with van der Waals surface area (Å²) < 4.78 is 13.8. The Kier molecular flexibility index (Phi) is 3.56. The summed E-state index contributed by atoms with van der Waals surface area (Å²) in [4.78, 5) is 8.98. The summed E-state index contributed by atoms with van der Waals surface area (Å²) in [5.41, 5.74) is 0.772. The molecular formula is C14H14BrFN4. The van der Waals surface area contributed by atoms with Gasteiger partial charge in [0.25, 0.3) is 0 Å². The van der Waals surface area contributed by atoms with E-state index in [0.717, 1.165) is 30.2 Å². The summed E-state index contributed by atoms with van der Waals surface area (Å²) in [6.07, 6.45) is 2.29. The Balaban J connectivity index is 1.91. The van der Waals surface area contributed by atoms with Gasteiger partial charge < -0.3 is 10.6 Å². The van der Waals surface area contributed by atoms with E-state index in [2.05, 4.69) is 36.5 Å². The number of benzene rings is 1. The van der Waals surface area contributed by atoms with Crippen LogP contribution in [-0.2, 0) is 0 Å². The number of aromatic nitrogens is 2. The Hall–Kier alpha value is -1.69. The highest BCUT2D eigenvalue weighted by Gasteiger charge is 2.27. The molecule has 0 unspecified atom stereocenters. The van der Waals surface area contributed by atoms with Crippen LogP contribution in [0.15, 0.2) is 28.7 Å². The summed E-state index contributed by atoms with van der Waals surface area (Å²) in [7, 11) is 1.83. The quantitative estimate of drug-likeness (QED) is 0.884. The van der Waals surface area contributed by atoms with Crippen LogP contribution in [0.1, 0.15) is 24.6 Å². The number of halogens is 2. The lowest BCUT2D eigenvalue weighted by Crippen LogP contribution is -2.03. The number of hydrogen-bond donors (Lipinski definition) is 2. The molecule has 2 aromatic rings. The van der Waals surface area contributed by atoms with E-state index in [4.69, 9.17) is 0 Å². The molecular weight excluding hydrogens is 323 g/mol. The third-order valence-electron chi connectivity index (χ3n) is 3.14. The number of anilines is 3. The van der Waals surface area contributed by atoms with E-state index in [1.54, 1.807) is 6.07 Å². The topological polar surface area (TPSA) is 49.8 Å². The monoisotopic (exact) mass is 336 g/mol. The predicted octanol–water partition coefficient (Wildman–Crippen LogP) is 4.04. The molecule has 4 nitrogen and oxygen atoms in total. The Bertz CT molecular complexity index is 643. The fourth-order valence-electron chi connectivity index (χ4n) is 1.91. The second kappa shape index (κ2) is 5.36. The Morgan fingerprint density at radius 1 is 1.20 bits per heavy atom. The number of nitrogens with one attached hydrogen (secondary N) is 2. The van der Waals surface area contributed by atoms with Crippen LogP contribution in [0.2, 0.25) is 0 Å². The molecule has 2 N–H and O–H groups in total. The minimum atomic E-state index is -0.278. The van der Waals surface area contributed by atoms with Crippen LogP contribution in [0.4, 0.5) is 21.7 Å². The maximum absolute atomic E-state index is 13.1. The van der Waals surface area contributed by atoms with Gasteiger partial charge in [0.05, 0.1) is 5.69 Å². The van der Waals surface area contributed by atoms with Crippen LogP contribution in [0.3, 0.4) is 0 Å². The summed E-state index contributed by atoms with van der Waals surface area (Å²) in [5, 5.41) is 6.23. The van der Waals surface area contributed by atoms with Crippen molar-refractivity contribution in [2.24, 2.45) is 0 Å². The largest absolute Gasteiger partial charge is 0.373 e. The number of rotatable bonds is 4. The maximum Gasteiger partial charge on any atom is 0.136 e. The van der Waals surface area contributed by atoms with Gasteiger partial charge in [0.15, 0.2) is 0 Å². The highest BCUT2D eigenvalue weighted by atomic mass is 79.9. The zero-order valence-electron chi connectivity index (χ0n) is 11.0. The zero-order chi connectivity index (χ0) is 14.1. The van der Waals surface area contributed by atoms with Crippen LogP contribution in [-0.4, -0.2) is 17.0 Å². The van der Waals surface area contributed by atoms with E-state index < -0.39 is 0 Å². The van der Waals surface area contributed by atoms with Gasteiger partial charge in [0.2, 0.25) is 0 Å². The lowest BCUT2D eigenvalue weighted by Gasteiger charge is -2.11. The molecule has 1 saturated carbocycles. The third kappa shape index (κ3) is 2.90. The normalized spacial score (nSPS) is 14.2. The molecule has 0 radical (unpaired) electrons. The SMILES string of the molecule is CNc1cc(Nc2ccc(F)cc2Br)nc(C2CC2)n1. The van der Waals surface area contributed by atoms with Gasteiger partial charge in [-0.05, 0) is 47.0 Å². The van der Waals surface area contributed by atoms with E-state index in [-0.39, 0.29) is 5.82 Å². The van der Waals surface area contributed by atoms with Gasteiger partial charge in [-0.3, -0.25) is 0 Å². The lowest BCUT2D eigenvalue weighted by molar-refractivity contribution is 0.627. The first kappa shape index (κ1) is 13.3. The summed E-state index contributed by atoms with van der Waals surface area (Å²) in [5.74, 6) is 2.54. The fourth-order valence-corrected chi connectivity index (χ4v) is 2.36. The molecule has 0 aliphatic heterocycles. The van der Waals surface area contributed by atoms with Crippen molar-refractivity contribution in [2.45, 2.75) is 18.8 Å². The molecule has 20 heavy (non-hydrogen) atoms. The number of hydrogen-bond acceptors (Lipinski definition) is 4. The second-order valence-electron chi connectivity index (χ2n) is 4.77. The lowest BCUT2D eigenvalue weighted by atomic mass is 10.3. The van der Waals surface area contributed by atoms with E-state index in [9.17, 15) is 4.39 Å². The minimum Gasteiger partial charge on any atom is -0.373 e. The first-order valence-corrected chi connectivity index (χ1v) is 7.24. The zero-order valence-corrected chi connectivity index (χ0v) is 12.5. The molecule has 3 rings (SSSR count). The van der Waals surface area contributed by atoms with Crippen molar-refractivity contribution in [1.82, 2.24) is 9.97 Å². The van der Waals surface area contributed by atoms with Crippen LogP contribution in [0.25, 0.3) is 0 Å². The molecule has 1 aliphatic rings. The molecule has 104 valence electrons. The van der Waals surface area contributed by atoms with Crippen molar-refractivity contribution in [3.05, 3.63) is 40.4 Å². The van der Waals surface area contributed by atoms with E-state index in [1.807, 2.05) is 13.1 Å². The molecule has 1 heterocycles. The molecule has 1 aromatic carbocycles. The number of nitrogens with zero attached hydrogens (tertiary/aromatic N) is 2. The van der Waals surface area contributed by atoms with Crippen LogP contribution < -0.4 is 10.6 Å². The van der Waals surface area contributed by atoms with Crippen molar-refractivity contribution < 1.29 is 4.39 Å². The highest BCUT2D eigenvalue weighted by molar-refractivity contribution is 9.10. The highest BCUT2D eigenvalue weighted by Crippen LogP contribution is 2.39. The van der Waals surface area contributed by atoms with Gasteiger partial charge in [0, 0.05) is 23.5 Å². The standard InChI is InChI=1S/C14H14BrFN4/c1-17-12-7-13(20-14(19-12)8-2-3-8)18-11-5-4-9(16)6-10(11)15/h4-8H,2-3H2,1H3,(H2,17,18,19,20). The van der Waals surface area contributed by atoms with E-state index >= 15 is 0 Å². The Labute approximate surface area is 125 Å². The average Bonchev–Trinajstić information content (AvgIpc) is 3.26. The van der Waals surface area contributed by atoms with Gasteiger partial charge in [0.1, 0.15) is 23.3 Å². The summed E-state index contributed by atoms with van der Waals surface area (Å²) in [6.45, 7) is 0. The molecule has 0 amide bonds. The molecule has 0 saturated heterocycles. The van der Waals surface area contributed by atoms with Gasteiger partial charge in [-0.2, -0.15) is 0 Å². The molecule has 0 spiro atoms.